The summed E-state index contributed by atoms with van der Waals surface area (Å²) in [5, 5.41) is 7.33. The normalized spacial score (nSPS) is 21.0. The summed E-state index contributed by atoms with van der Waals surface area (Å²) in [5.74, 6) is 0.431. The number of aromatic nitrogens is 2. The highest BCUT2D eigenvalue weighted by molar-refractivity contribution is 7.80. The topological polar surface area (TPSA) is 29.9 Å². The van der Waals surface area contributed by atoms with Gasteiger partial charge in [0.2, 0.25) is 0 Å². The van der Waals surface area contributed by atoms with Crippen LogP contribution >= 0.6 is 12.6 Å². The summed E-state index contributed by atoms with van der Waals surface area (Å²) in [7, 11) is 0. The van der Waals surface area contributed by atoms with E-state index in [1.165, 1.54) is 12.4 Å². The van der Waals surface area contributed by atoms with Crippen LogP contribution in [0.15, 0.2) is 12.4 Å². The molecule has 14 heavy (non-hydrogen) atoms. The van der Waals surface area contributed by atoms with Crippen LogP contribution in [0.1, 0.15) is 12.8 Å². The number of nitrogens with zero attached hydrogens (tertiary/aromatic N) is 2. The molecule has 1 aliphatic rings. The molecule has 0 radical (unpaired) electrons. The number of rotatable bonds is 2. The van der Waals surface area contributed by atoms with Crippen molar-refractivity contribution in [1.29, 1.82) is 0 Å². The highest BCUT2D eigenvalue weighted by Crippen LogP contribution is 2.28. The summed E-state index contributed by atoms with van der Waals surface area (Å²) < 4.78 is 14.6. The fraction of sp³-hybridized carbons (Fsp3) is 0.667. The SMILES string of the molecule is Fc1cnn(C2(CS)CCNCC2)c1. The van der Waals surface area contributed by atoms with Crippen LogP contribution in [0.3, 0.4) is 0 Å². The maximum absolute atomic E-state index is 12.9. The average Bonchev–Trinajstić information content (AvgIpc) is 2.66. The Morgan fingerprint density at radius 1 is 1.57 bits per heavy atom. The largest absolute Gasteiger partial charge is 0.317 e. The number of nitrogens with one attached hydrogen (secondary N) is 1. The molecule has 1 aliphatic heterocycles. The van der Waals surface area contributed by atoms with Crippen molar-refractivity contribution in [3.05, 3.63) is 18.2 Å². The lowest BCUT2D eigenvalue weighted by molar-refractivity contribution is 0.215. The minimum atomic E-state index is -0.273. The van der Waals surface area contributed by atoms with Crippen LogP contribution in [-0.2, 0) is 5.54 Å². The number of halogens is 1. The van der Waals surface area contributed by atoms with Crippen molar-refractivity contribution < 1.29 is 4.39 Å². The molecule has 2 heterocycles. The second kappa shape index (κ2) is 3.90. The van der Waals surface area contributed by atoms with Crippen LogP contribution < -0.4 is 5.32 Å². The number of hydrogen-bond acceptors (Lipinski definition) is 3. The molecule has 78 valence electrons. The number of thiol groups is 1. The Balaban J connectivity index is 2.26. The molecule has 0 unspecified atom stereocenters. The van der Waals surface area contributed by atoms with E-state index in [0.29, 0.717) is 5.75 Å². The van der Waals surface area contributed by atoms with Crippen LogP contribution in [-0.4, -0.2) is 28.6 Å². The van der Waals surface area contributed by atoms with Crippen LogP contribution in [0.2, 0.25) is 0 Å². The first-order chi connectivity index (χ1) is 6.77. The van der Waals surface area contributed by atoms with Gasteiger partial charge >= 0.3 is 0 Å². The first-order valence-corrected chi connectivity index (χ1v) is 5.42. The lowest BCUT2D eigenvalue weighted by atomic mass is 9.90. The molecular formula is C9H14FN3S. The quantitative estimate of drug-likeness (QED) is 0.722. The van der Waals surface area contributed by atoms with Crippen LogP contribution in [0.4, 0.5) is 4.39 Å². The minimum Gasteiger partial charge on any atom is -0.317 e. The Labute approximate surface area is 88.1 Å². The Bertz CT molecular complexity index is 307. The number of hydrogen-bond donors (Lipinski definition) is 2. The molecule has 1 aromatic rings. The van der Waals surface area contributed by atoms with E-state index in [4.69, 9.17) is 0 Å². The van der Waals surface area contributed by atoms with Crippen molar-refractivity contribution in [3.63, 3.8) is 0 Å². The second-order valence-corrected chi connectivity index (χ2v) is 4.05. The molecule has 5 heteroatoms. The summed E-state index contributed by atoms with van der Waals surface area (Å²) in [6.07, 6.45) is 4.63. The van der Waals surface area contributed by atoms with Crippen molar-refractivity contribution in [3.8, 4) is 0 Å². The van der Waals surface area contributed by atoms with Crippen molar-refractivity contribution >= 4 is 12.6 Å². The Morgan fingerprint density at radius 2 is 2.29 bits per heavy atom. The van der Waals surface area contributed by atoms with E-state index in [9.17, 15) is 4.39 Å². The monoisotopic (exact) mass is 215 g/mol. The van der Waals surface area contributed by atoms with Gasteiger partial charge in [0.1, 0.15) is 0 Å². The third kappa shape index (κ3) is 1.66. The second-order valence-electron chi connectivity index (χ2n) is 3.74. The molecular weight excluding hydrogens is 201 g/mol. The molecule has 0 amide bonds. The molecule has 0 aromatic carbocycles. The molecule has 3 nitrogen and oxygen atoms in total. The van der Waals surface area contributed by atoms with E-state index in [2.05, 4.69) is 23.0 Å². The average molecular weight is 215 g/mol. The molecule has 1 fully saturated rings. The van der Waals surface area contributed by atoms with Crippen molar-refractivity contribution in [2.24, 2.45) is 0 Å². The fourth-order valence-corrected chi connectivity index (χ4v) is 2.37. The summed E-state index contributed by atoms with van der Waals surface area (Å²) in [4.78, 5) is 0. The predicted octanol–water partition coefficient (Wildman–Crippen LogP) is 1.03. The van der Waals surface area contributed by atoms with Gasteiger partial charge in [0.05, 0.1) is 17.9 Å². The number of piperidine rings is 1. The van der Waals surface area contributed by atoms with Crippen LogP contribution in [0.5, 0.6) is 0 Å². The van der Waals surface area contributed by atoms with Crippen molar-refractivity contribution in [2.45, 2.75) is 18.4 Å². The highest BCUT2D eigenvalue weighted by atomic mass is 32.1. The van der Waals surface area contributed by atoms with E-state index in [1.54, 1.807) is 4.68 Å². The molecule has 2 rings (SSSR count). The van der Waals surface area contributed by atoms with E-state index in [-0.39, 0.29) is 11.4 Å². The van der Waals surface area contributed by atoms with Crippen molar-refractivity contribution in [1.82, 2.24) is 15.1 Å². The zero-order valence-corrected chi connectivity index (χ0v) is 8.80. The van der Waals surface area contributed by atoms with Gasteiger partial charge in [0.15, 0.2) is 5.82 Å². The zero-order chi connectivity index (χ0) is 10.0. The van der Waals surface area contributed by atoms with Gasteiger partial charge in [-0.2, -0.15) is 17.7 Å². The predicted molar refractivity (Wildman–Crippen MR) is 56.1 cm³/mol. The van der Waals surface area contributed by atoms with Gasteiger partial charge < -0.3 is 5.32 Å². The van der Waals surface area contributed by atoms with Gasteiger partial charge in [-0.15, -0.1) is 0 Å². The molecule has 0 spiro atoms. The summed E-state index contributed by atoms with van der Waals surface area (Å²) in [6, 6.07) is 0. The molecule has 1 aromatic heterocycles. The molecule has 0 bridgehead atoms. The van der Waals surface area contributed by atoms with Crippen LogP contribution in [0, 0.1) is 5.82 Å². The van der Waals surface area contributed by atoms with Gasteiger partial charge in [-0.25, -0.2) is 4.39 Å². The maximum atomic E-state index is 12.9. The van der Waals surface area contributed by atoms with Crippen molar-refractivity contribution in [2.75, 3.05) is 18.8 Å². The van der Waals surface area contributed by atoms with E-state index >= 15 is 0 Å². The fourth-order valence-electron chi connectivity index (χ4n) is 1.91. The highest BCUT2D eigenvalue weighted by Gasteiger charge is 2.33. The summed E-state index contributed by atoms with van der Waals surface area (Å²) >= 11 is 4.36. The Kier molecular flexibility index (Phi) is 2.78. The third-order valence-corrected chi connectivity index (χ3v) is 3.45. The molecule has 0 saturated carbocycles. The smallest absolute Gasteiger partial charge is 0.161 e. The van der Waals surface area contributed by atoms with Gasteiger partial charge in [-0.05, 0) is 25.9 Å². The third-order valence-electron chi connectivity index (χ3n) is 2.87. The van der Waals surface area contributed by atoms with Gasteiger partial charge in [0, 0.05) is 5.75 Å². The van der Waals surface area contributed by atoms with Gasteiger partial charge in [0.25, 0.3) is 0 Å². The lowest BCUT2D eigenvalue weighted by Crippen LogP contribution is -2.45. The molecule has 0 aliphatic carbocycles. The summed E-state index contributed by atoms with van der Waals surface area (Å²) in [6.45, 7) is 1.89. The van der Waals surface area contributed by atoms with E-state index in [0.717, 1.165) is 25.9 Å². The summed E-state index contributed by atoms with van der Waals surface area (Å²) in [5.41, 5.74) is -0.0985. The first-order valence-electron chi connectivity index (χ1n) is 4.79. The van der Waals surface area contributed by atoms with Gasteiger partial charge in [-0.1, -0.05) is 0 Å². The zero-order valence-electron chi connectivity index (χ0n) is 7.91. The standard InChI is InChI=1S/C9H14FN3S/c10-8-5-12-13(6-8)9(7-14)1-3-11-4-2-9/h5-6,11,14H,1-4,7H2. The Hall–Kier alpha value is -0.550. The molecule has 1 saturated heterocycles. The van der Waals surface area contributed by atoms with Gasteiger partial charge in [-0.3, -0.25) is 4.68 Å². The Morgan fingerprint density at radius 3 is 2.79 bits per heavy atom. The molecule has 0 atom stereocenters. The minimum absolute atomic E-state index is 0.0985. The maximum Gasteiger partial charge on any atom is 0.161 e. The van der Waals surface area contributed by atoms with E-state index < -0.39 is 0 Å². The van der Waals surface area contributed by atoms with E-state index in [1.807, 2.05) is 0 Å². The molecule has 1 N–H and O–H groups in total. The first kappa shape index (κ1) is 9.98. The van der Waals surface area contributed by atoms with Crippen LogP contribution in [0.25, 0.3) is 0 Å². The lowest BCUT2D eigenvalue weighted by Gasteiger charge is -2.36.